The van der Waals surface area contributed by atoms with E-state index in [4.69, 9.17) is 9.31 Å². The minimum absolute atomic E-state index is 0.225. The topological polar surface area (TPSA) is 18.5 Å². The lowest BCUT2D eigenvalue weighted by molar-refractivity contribution is 0.00578. The van der Waals surface area contributed by atoms with Gasteiger partial charge in [0, 0.05) is 0 Å². The number of benzene rings is 1. The third kappa shape index (κ3) is 2.00. The van der Waals surface area contributed by atoms with E-state index in [0.717, 1.165) is 5.46 Å². The van der Waals surface area contributed by atoms with E-state index in [9.17, 15) is 4.39 Å². The van der Waals surface area contributed by atoms with Gasteiger partial charge in [-0.1, -0.05) is 12.1 Å². The van der Waals surface area contributed by atoms with Crippen molar-refractivity contribution < 1.29 is 13.7 Å². The maximum absolute atomic E-state index is 13.5. The Kier molecular flexibility index (Phi) is 2.83. The van der Waals surface area contributed by atoms with E-state index in [0.29, 0.717) is 5.56 Å². The van der Waals surface area contributed by atoms with Crippen molar-refractivity contribution in [2.24, 2.45) is 0 Å². The summed E-state index contributed by atoms with van der Waals surface area (Å²) in [7, 11) is -0.490. The summed E-state index contributed by atoms with van der Waals surface area (Å²) >= 11 is 0. The van der Waals surface area contributed by atoms with Crippen LogP contribution in [-0.2, 0) is 9.31 Å². The molecule has 0 amide bonds. The van der Waals surface area contributed by atoms with Crippen LogP contribution in [0.2, 0.25) is 0 Å². The summed E-state index contributed by atoms with van der Waals surface area (Å²) in [6.45, 7) is 9.70. The molecule has 92 valence electrons. The smallest absolute Gasteiger partial charge is 0.399 e. The molecule has 1 aromatic carbocycles. The highest BCUT2D eigenvalue weighted by molar-refractivity contribution is 6.62. The first kappa shape index (κ1) is 12.6. The Hall–Kier alpha value is -0.865. The molecule has 0 atom stereocenters. The highest BCUT2D eigenvalue weighted by Gasteiger charge is 2.52. The maximum Gasteiger partial charge on any atom is 0.495 e. The van der Waals surface area contributed by atoms with Crippen molar-refractivity contribution in [2.75, 3.05) is 0 Å². The van der Waals surface area contributed by atoms with Crippen LogP contribution in [-0.4, -0.2) is 18.3 Å². The van der Waals surface area contributed by atoms with Gasteiger partial charge in [-0.05, 0) is 51.7 Å². The summed E-state index contributed by atoms with van der Waals surface area (Å²) in [5, 5.41) is 0. The molecule has 2 nitrogen and oxygen atoms in total. The zero-order chi connectivity index (χ0) is 12.8. The highest BCUT2D eigenvalue weighted by atomic mass is 19.1. The Bertz CT molecular complexity index is 427. The molecule has 1 saturated heterocycles. The van der Waals surface area contributed by atoms with Gasteiger partial charge < -0.3 is 9.31 Å². The second-order valence-corrected chi connectivity index (χ2v) is 5.54. The summed E-state index contributed by atoms with van der Waals surface area (Å²) in [6.07, 6.45) is 0. The summed E-state index contributed by atoms with van der Waals surface area (Å²) in [5.41, 5.74) is 0.571. The third-order valence-electron chi connectivity index (χ3n) is 3.82. The largest absolute Gasteiger partial charge is 0.495 e. The second-order valence-electron chi connectivity index (χ2n) is 5.54. The molecule has 2 rings (SSSR count). The first-order valence-corrected chi connectivity index (χ1v) is 5.85. The molecule has 1 heterocycles. The van der Waals surface area contributed by atoms with Gasteiger partial charge in [0.2, 0.25) is 0 Å². The molecular formula is C13H18BFO2. The molecule has 1 aliphatic heterocycles. The Balaban J connectivity index is 2.36. The van der Waals surface area contributed by atoms with Crippen molar-refractivity contribution in [3.05, 3.63) is 29.6 Å². The molecule has 0 aliphatic carbocycles. The van der Waals surface area contributed by atoms with E-state index in [1.807, 2.05) is 33.8 Å². The van der Waals surface area contributed by atoms with Crippen molar-refractivity contribution in [2.45, 2.75) is 45.8 Å². The van der Waals surface area contributed by atoms with E-state index < -0.39 is 18.3 Å². The van der Waals surface area contributed by atoms with E-state index >= 15 is 0 Å². The highest BCUT2D eigenvalue weighted by Crippen LogP contribution is 2.36. The van der Waals surface area contributed by atoms with Gasteiger partial charge in [-0.25, -0.2) is 4.39 Å². The summed E-state index contributed by atoms with van der Waals surface area (Å²) in [4.78, 5) is 0. The fourth-order valence-electron chi connectivity index (χ4n) is 1.85. The quantitative estimate of drug-likeness (QED) is 0.697. The zero-order valence-corrected chi connectivity index (χ0v) is 11.0. The van der Waals surface area contributed by atoms with Crippen LogP contribution in [0, 0.1) is 12.7 Å². The Morgan fingerprint density at radius 3 is 2.12 bits per heavy atom. The minimum Gasteiger partial charge on any atom is -0.399 e. The molecule has 1 aromatic rings. The maximum atomic E-state index is 13.5. The monoisotopic (exact) mass is 236 g/mol. The minimum atomic E-state index is -0.490. The number of hydrogen-bond donors (Lipinski definition) is 0. The molecule has 1 aliphatic rings. The van der Waals surface area contributed by atoms with Crippen LogP contribution in [0.4, 0.5) is 4.39 Å². The van der Waals surface area contributed by atoms with Gasteiger partial charge in [-0.15, -0.1) is 0 Å². The molecule has 1 fully saturated rings. The van der Waals surface area contributed by atoms with E-state index in [2.05, 4.69) is 0 Å². The van der Waals surface area contributed by atoms with Crippen molar-refractivity contribution in [1.29, 1.82) is 0 Å². The molecule has 0 unspecified atom stereocenters. The molecule has 4 heteroatoms. The summed E-state index contributed by atoms with van der Waals surface area (Å²) in [6, 6.07) is 4.98. The lowest BCUT2D eigenvalue weighted by Crippen LogP contribution is -2.41. The summed E-state index contributed by atoms with van der Waals surface area (Å²) < 4.78 is 25.3. The molecule has 0 aromatic heterocycles. The first-order valence-electron chi connectivity index (χ1n) is 5.85. The molecule has 0 radical (unpaired) electrons. The van der Waals surface area contributed by atoms with Gasteiger partial charge in [-0.2, -0.15) is 0 Å². The molecule has 0 N–H and O–H groups in total. The van der Waals surface area contributed by atoms with Crippen LogP contribution in [0.5, 0.6) is 0 Å². The normalized spacial score (nSPS) is 21.9. The zero-order valence-electron chi connectivity index (χ0n) is 11.0. The fraction of sp³-hybridized carbons (Fsp3) is 0.538. The fourth-order valence-corrected chi connectivity index (χ4v) is 1.85. The van der Waals surface area contributed by atoms with Gasteiger partial charge in [0.15, 0.2) is 0 Å². The van der Waals surface area contributed by atoms with Gasteiger partial charge in [0.25, 0.3) is 0 Å². The third-order valence-corrected chi connectivity index (χ3v) is 3.82. The molecule has 0 spiro atoms. The van der Waals surface area contributed by atoms with Gasteiger partial charge in [0.05, 0.1) is 11.2 Å². The SMILES string of the molecule is Cc1c(F)cccc1B1OC(C)(C)C(C)(C)O1. The van der Waals surface area contributed by atoms with Crippen LogP contribution in [0.3, 0.4) is 0 Å². The number of halogens is 1. The molecule has 0 saturated carbocycles. The van der Waals surface area contributed by atoms with Crippen molar-refractivity contribution in [1.82, 2.24) is 0 Å². The lowest BCUT2D eigenvalue weighted by Gasteiger charge is -2.32. The van der Waals surface area contributed by atoms with Crippen molar-refractivity contribution in [3.8, 4) is 0 Å². The standard InChI is InChI=1S/C13H18BFO2/c1-9-10(7-6-8-11(9)15)14-16-12(2,3)13(4,5)17-14/h6-8H,1-5H3. The van der Waals surface area contributed by atoms with Crippen LogP contribution < -0.4 is 5.46 Å². The predicted molar refractivity (Wildman–Crippen MR) is 66.9 cm³/mol. The van der Waals surface area contributed by atoms with Crippen LogP contribution in [0.1, 0.15) is 33.3 Å². The van der Waals surface area contributed by atoms with Gasteiger partial charge >= 0.3 is 7.12 Å². The average molecular weight is 236 g/mol. The van der Waals surface area contributed by atoms with E-state index in [-0.39, 0.29) is 5.82 Å². The van der Waals surface area contributed by atoms with Crippen molar-refractivity contribution in [3.63, 3.8) is 0 Å². The Morgan fingerprint density at radius 1 is 1.06 bits per heavy atom. The van der Waals surface area contributed by atoms with Gasteiger partial charge in [-0.3, -0.25) is 0 Å². The second kappa shape index (κ2) is 3.82. The van der Waals surface area contributed by atoms with Crippen LogP contribution in [0.15, 0.2) is 18.2 Å². The van der Waals surface area contributed by atoms with Crippen molar-refractivity contribution >= 4 is 12.6 Å². The number of hydrogen-bond acceptors (Lipinski definition) is 2. The van der Waals surface area contributed by atoms with Crippen LogP contribution >= 0.6 is 0 Å². The van der Waals surface area contributed by atoms with E-state index in [1.165, 1.54) is 6.07 Å². The summed E-state index contributed by atoms with van der Waals surface area (Å²) in [5.74, 6) is -0.225. The number of rotatable bonds is 1. The predicted octanol–water partition coefficient (Wildman–Crippen LogP) is 2.43. The average Bonchev–Trinajstić information content (AvgIpc) is 2.40. The molecule has 0 bridgehead atoms. The lowest BCUT2D eigenvalue weighted by atomic mass is 9.76. The molecular weight excluding hydrogens is 218 g/mol. The Morgan fingerprint density at radius 2 is 1.59 bits per heavy atom. The van der Waals surface area contributed by atoms with Gasteiger partial charge in [0.1, 0.15) is 5.82 Å². The van der Waals surface area contributed by atoms with Crippen LogP contribution in [0.25, 0.3) is 0 Å². The first-order chi connectivity index (χ1) is 7.74. The van der Waals surface area contributed by atoms with E-state index in [1.54, 1.807) is 13.0 Å². The Labute approximate surface area is 102 Å². The molecule has 17 heavy (non-hydrogen) atoms.